The lowest BCUT2D eigenvalue weighted by molar-refractivity contribution is 0.438. The molecule has 3 rings (SSSR count). The second kappa shape index (κ2) is 3.60. The van der Waals surface area contributed by atoms with Gasteiger partial charge in [0.2, 0.25) is 0 Å². The van der Waals surface area contributed by atoms with Crippen LogP contribution in [-0.4, -0.2) is 11.0 Å². The van der Waals surface area contributed by atoms with E-state index >= 15 is 0 Å². The lowest BCUT2D eigenvalue weighted by Gasteiger charge is -2.25. The van der Waals surface area contributed by atoms with Crippen LogP contribution in [0.25, 0.3) is 0 Å². The molecule has 1 N–H and O–H groups in total. The highest BCUT2D eigenvalue weighted by Crippen LogP contribution is 2.35. The van der Waals surface area contributed by atoms with Crippen molar-refractivity contribution in [3.8, 4) is 0 Å². The van der Waals surface area contributed by atoms with E-state index in [1.807, 2.05) is 6.20 Å². The van der Waals surface area contributed by atoms with Crippen LogP contribution in [0.15, 0.2) is 18.3 Å². The van der Waals surface area contributed by atoms with E-state index in [1.165, 1.54) is 36.9 Å². The van der Waals surface area contributed by atoms with Crippen LogP contribution in [0.2, 0.25) is 0 Å². The Hall–Kier alpha value is -0.890. The monoisotopic (exact) mass is 202 g/mol. The maximum Gasteiger partial charge on any atom is 0.0605 e. The lowest BCUT2D eigenvalue weighted by atomic mass is 9.92. The molecule has 2 nitrogen and oxygen atoms in total. The lowest BCUT2D eigenvalue weighted by Crippen LogP contribution is -2.28. The fourth-order valence-electron chi connectivity index (χ4n) is 2.58. The zero-order chi connectivity index (χ0) is 10.3. The summed E-state index contributed by atoms with van der Waals surface area (Å²) < 4.78 is 0. The molecule has 1 aromatic rings. The van der Waals surface area contributed by atoms with Gasteiger partial charge in [0.15, 0.2) is 0 Å². The summed E-state index contributed by atoms with van der Waals surface area (Å²) in [6, 6.07) is 5.56. The molecule has 0 bridgehead atoms. The van der Waals surface area contributed by atoms with Crippen molar-refractivity contribution in [1.29, 1.82) is 0 Å². The summed E-state index contributed by atoms with van der Waals surface area (Å²) in [5.74, 6) is 0.874. The van der Waals surface area contributed by atoms with Crippen LogP contribution in [0.4, 0.5) is 0 Å². The highest BCUT2D eigenvalue weighted by Gasteiger charge is 2.35. The maximum atomic E-state index is 4.54. The van der Waals surface area contributed by atoms with Crippen molar-refractivity contribution in [2.75, 3.05) is 0 Å². The van der Waals surface area contributed by atoms with E-state index < -0.39 is 0 Å². The van der Waals surface area contributed by atoms with Crippen LogP contribution in [0.1, 0.15) is 43.5 Å². The molecule has 1 aromatic heterocycles. The molecular formula is C13H18N2. The maximum absolute atomic E-state index is 4.54. The molecule has 0 spiro atoms. The predicted octanol–water partition coefficient (Wildman–Crippen LogP) is 2.46. The van der Waals surface area contributed by atoms with Crippen molar-refractivity contribution in [3.05, 3.63) is 29.6 Å². The molecule has 2 heteroatoms. The van der Waals surface area contributed by atoms with Gasteiger partial charge in [-0.15, -0.1) is 0 Å². The molecule has 1 fully saturated rings. The van der Waals surface area contributed by atoms with Gasteiger partial charge in [0.1, 0.15) is 0 Å². The van der Waals surface area contributed by atoms with Crippen LogP contribution in [0, 0.1) is 5.92 Å². The molecule has 0 aliphatic heterocycles. The first-order chi connectivity index (χ1) is 7.34. The Morgan fingerprint density at radius 1 is 1.47 bits per heavy atom. The molecule has 3 atom stereocenters. The molecule has 2 aliphatic rings. The minimum absolute atomic E-state index is 0.518. The summed E-state index contributed by atoms with van der Waals surface area (Å²) in [6.45, 7) is 2.32. The molecule has 3 unspecified atom stereocenters. The Kier molecular flexibility index (Phi) is 2.24. The van der Waals surface area contributed by atoms with Gasteiger partial charge >= 0.3 is 0 Å². The standard InChI is InChI=1S/C13H18N2/c1-9-8-12(9)15-11-6-2-4-10-5-3-7-14-13(10)11/h3,5,7,9,11-12,15H,2,4,6,8H2,1H3. The van der Waals surface area contributed by atoms with E-state index in [0.717, 1.165) is 12.0 Å². The number of hydrogen-bond acceptors (Lipinski definition) is 2. The third kappa shape index (κ3) is 1.78. The average molecular weight is 202 g/mol. The molecule has 1 heterocycles. The van der Waals surface area contributed by atoms with Gasteiger partial charge < -0.3 is 5.32 Å². The summed E-state index contributed by atoms with van der Waals surface area (Å²) >= 11 is 0. The quantitative estimate of drug-likeness (QED) is 0.797. The Morgan fingerprint density at radius 3 is 3.13 bits per heavy atom. The Bertz CT molecular complexity index is 361. The van der Waals surface area contributed by atoms with Gasteiger partial charge in [-0.05, 0) is 43.2 Å². The van der Waals surface area contributed by atoms with Crippen molar-refractivity contribution in [3.63, 3.8) is 0 Å². The van der Waals surface area contributed by atoms with Crippen molar-refractivity contribution in [1.82, 2.24) is 10.3 Å². The third-order valence-corrected chi connectivity index (χ3v) is 3.72. The smallest absolute Gasteiger partial charge is 0.0605 e. The summed E-state index contributed by atoms with van der Waals surface area (Å²) in [5, 5.41) is 3.74. The number of rotatable bonds is 2. The topological polar surface area (TPSA) is 24.9 Å². The minimum atomic E-state index is 0.518. The van der Waals surface area contributed by atoms with Crippen LogP contribution in [0.5, 0.6) is 0 Å². The third-order valence-electron chi connectivity index (χ3n) is 3.72. The van der Waals surface area contributed by atoms with Crippen molar-refractivity contribution < 1.29 is 0 Å². The zero-order valence-electron chi connectivity index (χ0n) is 9.24. The highest BCUT2D eigenvalue weighted by atomic mass is 15.0. The van der Waals surface area contributed by atoms with Crippen LogP contribution < -0.4 is 5.32 Å². The van der Waals surface area contributed by atoms with E-state index in [9.17, 15) is 0 Å². The molecule has 1 saturated carbocycles. The van der Waals surface area contributed by atoms with Crippen molar-refractivity contribution >= 4 is 0 Å². The molecule has 15 heavy (non-hydrogen) atoms. The Morgan fingerprint density at radius 2 is 2.33 bits per heavy atom. The van der Waals surface area contributed by atoms with Gasteiger partial charge in [0.25, 0.3) is 0 Å². The summed E-state index contributed by atoms with van der Waals surface area (Å²) in [5.41, 5.74) is 2.76. The number of pyridine rings is 1. The van der Waals surface area contributed by atoms with Gasteiger partial charge in [-0.25, -0.2) is 0 Å². The minimum Gasteiger partial charge on any atom is -0.306 e. The molecular weight excluding hydrogens is 184 g/mol. The molecule has 0 radical (unpaired) electrons. The van der Waals surface area contributed by atoms with Gasteiger partial charge in [-0.2, -0.15) is 0 Å². The SMILES string of the molecule is CC1CC1NC1CCCc2cccnc21. The van der Waals surface area contributed by atoms with Crippen molar-refractivity contribution in [2.45, 2.75) is 44.7 Å². The van der Waals surface area contributed by atoms with E-state index in [0.29, 0.717) is 6.04 Å². The van der Waals surface area contributed by atoms with Gasteiger partial charge in [0.05, 0.1) is 5.69 Å². The van der Waals surface area contributed by atoms with Crippen LogP contribution in [-0.2, 0) is 6.42 Å². The summed E-state index contributed by atoms with van der Waals surface area (Å²) in [4.78, 5) is 4.54. The number of aryl methyl sites for hydroxylation is 1. The summed E-state index contributed by atoms with van der Waals surface area (Å²) in [7, 11) is 0. The average Bonchev–Trinajstić information content (AvgIpc) is 2.95. The second-order valence-electron chi connectivity index (χ2n) is 4.98. The van der Waals surface area contributed by atoms with Gasteiger partial charge in [-0.3, -0.25) is 4.98 Å². The number of aromatic nitrogens is 1. The van der Waals surface area contributed by atoms with E-state index in [-0.39, 0.29) is 0 Å². The molecule has 0 aromatic carbocycles. The molecule has 2 aliphatic carbocycles. The number of nitrogens with one attached hydrogen (secondary N) is 1. The van der Waals surface area contributed by atoms with E-state index in [2.05, 4.69) is 29.4 Å². The normalized spacial score (nSPS) is 33.5. The molecule has 80 valence electrons. The number of fused-ring (bicyclic) bond motifs is 1. The van der Waals surface area contributed by atoms with Crippen LogP contribution >= 0.6 is 0 Å². The first-order valence-electron chi connectivity index (χ1n) is 6.04. The fraction of sp³-hybridized carbons (Fsp3) is 0.615. The van der Waals surface area contributed by atoms with E-state index in [4.69, 9.17) is 0 Å². The molecule has 0 amide bonds. The largest absolute Gasteiger partial charge is 0.306 e. The fourth-order valence-corrected chi connectivity index (χ4v) is 2.58. The Labute approximate surface area is 91.1 Å². The molecule has 0 saturated heterocycles. The first-order valence-corrected chi connectivity index (χ1v) is 6.04. The van der Waals surface area contributed by atoms with Gasteiger partial charge in [0, 0.05) is 18.3 Å². The van der Waals surface area contributed by atoms with Crippen LogP contribution in [0.3, 0.4) is 0 Å². The van der Waals surface area contributed by atoms with Crippen molar-refractivity contribution in [2.24, 2.45) is 5.92 Å². The second-order valence-corrected chi connectivity index (χ2v) is 4.98. The highest BCUT2D eigenvalue weighted by molar-refractivity contribution is 5.25. The zero-order valence-corrected chi connectivity index (χ0v) is 9.24. The number of hydrogen-bond donors (Lipinski definition) is 1. The van der Waals surface area contributed by atoms with E-state index in [1.54, 1.807) is 0 Å². The number of nitrogens with zero attached hydrogens (tertiary/aromatic N) is 1. The summed E-state index contributed by atoms with van der Waals surface area (Å²) in [6.07, 6.45) is 7.04. The Balaban J connectivity index is 1.80. The predicted molar refractivity (Wildman–Crippen MR) is 60.6 cm³/mol. The van der Waals surface area contributed by atoms with Gasteiger partial charge in [-0.1, -0.05) is 13.0 Å². The first kappa shape index (κ1) is 9.34.